The van der Waals surface area contributed by atoms with Gasteiger partial charge in [0.05, 0.1) is 52.3 Å². The number of aryl methyl sites for hydroxylation is 3. The lowest BCUT2D eigenvalue weighted by molar-refractivity contribution is -0.142. The van der Waals surface area contributed by atoms with Gasteiger partial charge in [0.25, 0.3) is 0 Å². The van der Waals surface area contributed by atoms with Crippen LogP contribution in [-0.2, 0) is 14.4 Å². The molecule has 372 valence electrons. The van der Waals surface area contributed by atoms with E-state index in [9.17, 15) is 19.5 Å². The smallest absolute Gasteiger partial charge is 0.248 e. The van der Waals surface area contributed by atoms with Crippen molar-refractivity contribution in [2.45, 2.75) is 117 Å². The second-order valence-corrected chi connectivity index (χ2v) is 21.9. The number of likely N-dealkylation sites (tertiary alicyclic amines) is 1. The molecule has 7 heterocycles. The van der Waals surface area contributed by atoms with Crippen molar-refractivity contribution >= 4 is 57.7 Å². The zero-order valence-corrected chi connectivity index (χ0v) is 43.4. The summed E-state index contributed by atoms with van der Waals surface area (Å²) < 4.78 is 10.1. The highest BCUT2D eigenvalue weighted by molar-refractivity contribution is 7.15. The number of thiazole rings is 1. The number of fused-ring (bicyclic) bond motifs is 3. The summed E-state index contributed by atoms with van der Waals surface area (Å²) in [5, 5.41) is 32.3. The zero-order valence-electron chi connectivity index (χ0n) is 41.0. The van der Waals surface area contributed by atoms with Gasteiger partial charge < -0.3 is 25.4 Å². The number of nitrogens with one attached hydrogen (secondary N) is 2. The van der Waals surface area contributed by atoms with Gasteiger partial charge in [0.15, 0.2) is 5.82 Å². The fourth-order valence-electron chi connectivity index (χ4n) is 9.91. The highest BCUT2D eigenvalue weighted by Gasteiger charge is 2.43. The quantitative estimate of drug-likeness (QED) is 0.0949. The van der Waals surface area contributed by atoms with Crippen LogP contribution >= 0.6 is 34.3 Å². The van der Waals surface area contributed by atoms with E-state index in [1.54, 1.807) is 52.0 Å². The molecule has 7 aromatic rings. The van der Waals surface area contributed by atoms with E-state index in [0.29, 0.717) is 40.7 Å². The maximum atomic E-state index is 14.4. The van der Waals surface area contributed by atoms with Crippen molar-refractivity contribution < 1.29 is 24.2 Å². The number of rotatable bonds is 14. The van der Waals surface area contributed by atoms with Gasteiger partial charge in [-0.15, -0.1) is 32.9 Å². The third-order valence-electron chi connectivity index (χ3n) is 13.9. The minimum Gasteiger partial charge on any atom is -0.490 e. The molecule has 0 bridgehead atoms. The first-order chi connectivity index (χ1) is 34.6. The number of nitrogens with zero attached hydrogens (tertiary/aromatic N) is 9. The van der Waals surface area contributed by atoms with E-state index in [-0.39, 0.29) is 61.2 Å². The lowest BCUT2D eigenvalue weighted by atomic mass is 9.89. The predicted octanol–water partition coefficient (Wildman–Crippen LogP) is 8.64. The Morgan fingerprint density at radius 2 is 1.68 bits per heavy atom. The van der Waals surface area contributed by atoms with Gasteiger partial charge in [-0.25, -0.2) is 4.98 Å². The molecule has 0 spiro atoms. The Bertz CT molecular complexity index is 3190. The molecule has 1 aliphatic carbocycles. The number of amides is 3. The number of hydrogen-bond acceptors (Lipinski definition) is 13. The second-order valence-electron chi connectivity index (χ2n) is 19.4. The van der Waals surface area contributed by atoms with Crippen LogP contribution < -0.4 is 15.4 Å². The first-order valence-electron chi connectivity index (χ1n) is 24.2. The van der Waals surface area contributed by atoms with E-state index in [0.717, 1.165) is 54.9 Å². The summed E-state index contributed by atoms with van der Waals surface area (Å²) in [5.74, 6) is 1.03. The summed E-state index contributed by atoms with van der Waals surface area (Å²) in [4.78, 5) is 60.0. The fourth-order valence-corrected chi connectivity index (χ4v) is 12.1. The minimum atomic E-state index is -0.846. The number of carbonyl (C=O) groups excluding carboxylic acids is 3. The molecule has 2 aromatic carbocycles. The van der Waals surface area contributed by atoms with E-state index < -0.39 is 24.2 Å². The van der Waals surface area contributed by atoms with Gasteiger partial charge in [-0.05, 0) is 75.4 Å². The topological polar surface area (TPSA) is 195 Å². The number of hydrogen-bond donors (Lipinski definition) is 3. The summed E-state index contributed by atoms with van der Waals surface area (Å²) in [6.07, 6.45) is 5.63. The molecule has 5 atom stereocenters. The number of pyridine rings is 1. The van der Waals surface area contributed by atoms with Crippen LogP contribution in [0.2, 0.25) is 5.02 Å². The van der Waals surface area contributed by atoms with Crippen LogP contribution in [0, 0.1) is 33.6 Å². The van der Waals surface area contributed by atoms with Crippen LogP contribution in [0.5, 0.6) is 5.75 Å². The number of aliphatic hydroxyl groups excluding tert-OH is 1. The summed E-state index contributed by atoms with van der Waals surface area (Å²) in [6.45, 7) is 13.9. The van der Waals surface area contributed by atoms with Crippen molar-refractivity contribution in [3.8, 4) is 32.4 Å². The standard InChI is InChI=1S/C53H56ClN11O5S2/c1-27(2)48(52(69)63-25-39(66)20-44(63)51(68)58-29(4)33-8-10-35(11-9-33)49-30(5)56-26-71-49)64-24-36(23-57-64)42-21-40(16-17-55-42)70-41-18-38(19-41)59-45(67)22-43-50-62-61-32(7)65(50)53-46(28(3)31(6)72-53)47(60-43)34-12-14-37(54)15-13-34/h8-17,21,23-24,26-27,29,38-39,41,43-44,48,66H,18-20,22,25H2,1-7H3,(H,58,68)(H,59,67)/t29-,38-,39+,41-,43-,44-,48+/m0/s1. The lowest BCUT2D eigenvalue weighted by Gasteiger charge is -2.36. The molecular formula is C53H56ClN11O5S2. The Morgan fingerprint density at radius 1 is 0.931 bits per heavy atom. The number of halogens is 1. The van der Waals surface area contributed by atoms with Crippen molar-refractivity contribution in [1.29, 1.82) is 0 Å². The molecule has 72 heavy (non-hydrogen) atoms. The average Bonchev–Trinajstić information content (AvgIpc) is 4.19. The monoisotopic (exact) mass is 1030 g/mol. The number of ether oxygens (including phenoxy) is 1. The van der Waals surface area contributed by atoms with E-state index >= 15 is 0 Å². The number of benzene rings is 2. The average molecular weight is 1030 g/mol. The molecule has 3 amide bonds. The fraction of sp³-hybridized carbons (Fsp3) is 0.377. The molecule has 1 saturated heterocycles. The summed E-state index contributed by atoms with van der Waals surface area (Å²) in [6, 6.07) is 16.7. The van der Waals surface area contributed by atoms with Crippen LogP contribution in [0.3, 0.4) is 0 Å². The van der Waals surface area contributed by atoms with Crippen molar-refractivity contribution in [2.75, 3.05) is 6.54 Å². The third kappa shape index (κ3) is 9.72. The van der Waals surface area contributed by atoms with Gasteiger partial charge in [0, 0.05) is 76.9 Å². The van der Waals surface area contributed by atoms with Crippen molar-refractivity contribution in [1.82, 2.24) is 50.0 Å². The van der Waals surface area contributed by atoms with E-state index in [1.807, 2.05) is 99.3 Å². The van der Waals surface area contributed by atoms with Crippen LogP contribution in [0.15, 0.2) is 89.8 Å². The highest BCUT2D eigenvalue weighted by atomic mass is 35.5. The SMILES string of the molecule is Cc1ncsc1-c1ccc([C@H](C)NC(=O)[C@@H]2C[C@@H](O)CN2C(=O)[C@@H](C(C)C)n2cc(-c3cc(O[C@H]4C[C@H](NC(=O)C[C@@H]5N=C(c6ccc(Cl)cc6)c6c(sc(C)c6C)-n6c(C)nnc65)C4)ccn3)cn2)cc1. The van der Waals surface area contributed by atoms with E-state index in [2.05, 4.69) is 49.7 Å². The maximum Gasteiger partial charge on any atom is 0.248 e. The molecule has 3 N–H and O–H groups in total. The Hall–Kier alpha value is -6.60. The number of aliphatic imine (C=N–C) groups is 1. The maximum absolute atomic E-state index is 14.4. The lowest BCUT2D eigenvalue weighted by Crippen LogP contribution is -2.49. The Morgan fingerprint density at radius 3 is 2.40 bits per heavy atom. The molecule has 3 aliphatic rings. The third-order valence-corrected chi connectivity index (χ3v) is 16.4. The van der Waals surface area contributed by atoms with Gasteiger partial charge in [-0.2, -0.15) is 5.10 Å². The normalized spacial score (nSPS) is 20.2. The molecule has 5 aromatic heterocycles. The number of carbonyl (C=O) groups is 3. The predicted molar refractivity (Wildman–Crippen MR) is 278 cm³/mol. The number of aliphatic hydroxyl groups is 1. The number of aromatic nitrogens is 7. The molecule has 2 aliphatic heterocycles. The van der Waals surface area contributed by atoms with Gasteiger partial charge in [-0.3, -0.25) is 33.6 Å². The first kappa shape index (κ1) is 49.0. The number of β-amino-alcohol motifs (C(OH)–C–C–N with tert-alkyl or cyclic N) is 1. The molecule has 2 fully saturated rings. The van der Waals surface area contributed by atoms with Crippen molar-refractivity contribution in [3.05, 3.63) is 134 Å². The molecule has 0 unspecified atom stereocenters. The molecule has 16 nitrogen and oxygen atoms in total. The largest absolute Gasteiger partial charge is 0.490 e. The van der Waals surface area contributed by atoms with Crippen LogP contribution in [0.1, 0.15) is 109 Å². The summed E-state index contributed by atoms with van der Waals surface area (Å²) in [5.41, 5.74) is 9.93. The van der Waals surface area contributed by atoms with E-state index in [1.165, 1.54) is 9.78 Å². The van der Waals surface area contributed by atoms with Crippen molar-refractivity contribution in [2.24, 2.45) is 10.9 Å². The van der Waals surface area contributed by atoms with Crippen LogP contribution in [0.25, 0.3) is 26.7 Å². The summed E-state index contributed by atoms with van der Waals surface area (Å²) in [7, 11) is 0. The highest BCUT2D eigenvalue weighted by Crippen LogP contribution is 2.40. The molecule has 0 radical (unpaired) electrons. The Balaban J connectivity index is 0.762. The van der Waals surface area contributed by atoms with Gasteiger partial charge in [0.1, 0.15) is 40.8 Å². The zero-order chi connectivity index (χ0) is 50.5. The van der Waals surface area contributed by atoms with Gasteiger partial charge >= 0.3 is 0 Å². The Labute approximate surface area is 430 Å². The number of thiophene rings is 1. The second kappa shape index (κ2) is 20.1. The molecule has 19 heteroatoms. The van der Waals surface area contributed by atoms with Gasteiger partial charge in [0.2, 0.25) is 17.7 Å². The summed E-state index contributed by atoms with van der Waals surface area (Å²) >= 11 is 9.54. The van der Waals surface area contributed by atoms with Crippen molar-refractivity contribution in [3.63, 3.8) is 0 Å². The molecular weight excluding hydrogens is 970 g/mol. The molecule has 1 saturated carbocycles. The minimum absolute atomic E-state index is 0.0406. The van der Waals surface area contributed by atoms with Gasteiger partial charge in [-0.1, -0.05) is 61.8 Å². The Kier molecular flexibility index (Phi) is 13.7. The van der Waals surface area contributed by atoms with Crippen LogP contribution in [0.4, 0.5) is 0 Å². The van der Waals surface area contributed by atoms with E-state index in [4.69, 9.17) is 21.3 Å². The molecule has 10 rings (SSSR count). The van der Waals surface area contributed by atoms with Crippen LogP contribution in [-0.4, -0.2) is 98.8 Å². The first-order valence-corrected chi connectivity index (χ1v) is 26.3.